The molecule has 21 heavy (non-hydrogen) atoms. The van der Waals surface area contributed by atoms with Gasteiger partial charge >= 0.3 is 0 Å². The van der Waals surface area contributed by atoms with Gasteiger partial charge < -0.3 is 5.11 Å². The molecule has 1 atom stereocenters. The fourth-order valence-electron chi connectivity index (χ4n) is 2.21. The summed E-state index contributed by atoms with van der Waals surface area (Å²) >= 11 is 0. The molecule has 0 aliphatic heterocycles. The van der Waals surface area contributed by atoms with Crippen molar-refractivity contribution in [1.82, 2.24) is 0 Å². The Bertz CT molecular complexity index is 377. The van der Waals surface area contributed by atoms with Crippen LogP contribution in [0.15, 0.2) is 23.3 Å². The third kappa shape index (κ3) is 12.5. The summed E-state index contributed by atoms with van der Waals surface area (Å²) in [5.74, 6) is 3.23. The van der Waals surface area contributed by atoms with Crippen LogP contribution in [0.5, 0.6) is 0 Å². The van der Waals surface area contributed by atoms with Gasteiger partial charge in [-0.1, -0.05) is 49.5 Å². The van der Waals surface area contributed by atoms with Crippen molar-refractivity contribution in [2.45, 2.75) is 85.2 Å². The standard InChI is InChI=1S/C20H34O/c1-7-20(6,21)16-10-15-19(5)14-9-13-18(4)12-8-11-17(2)3/h1,13,15,17,21H,8-12,14,16H2,2-6H3/b18-13+,19-15-. The lowest BCUT2D eigenvalue weighted by Crippen LogP contribution is -2.20. The number of aliphatic hydroxyl groups is 1. The van der Waals surface area contributed by atoms with Crippen LogP contribution in [0, 0.1) is 18.3 Å². The molecule has 1 N–H and O–H groups in total. The van der Waals surface area contributed by atoms with Crippen LogP contribution in [0.4, 0.5) is 0 Å². The monoisotopic (exact) mass is 290 g/mol. The van der Waals surface area contributed by atoms with Crippen molar-refractivity contribution >= 4 is 0 Å². The fraction of sp³-hybridized carbons (Fsp3) is 0.700. The highest BCUT2D eigenvalue weighted by molar-refractivity contribution is 5.07. The molecule has 1 unspecified atom stereocenters. The predicted octanol–water partition coefficient (Wildman–Crippen LogP) is 5.65. The molecule has 1 nitrogen and oxygen atoms in total. The summed E-state index contributed by atoms with van der Waals surface area (Å²) in [5, 5.41) is 9.73. The van der Waals surface area contributed by atoms with Gasteiger partial charge in [-0.25, -0.2) is 0 Å². The second kappa shape index (κ2) is 10.7. The summed E-state index contributed by atoms with van der Waals surface area (Å²) in [6.07, 6.45) is 17.4. The lowest BCUT2D eigenvalue weighted by atomic mass is 9.99. The Labute approximate surface area is 132 Å². The van der Waals surface area contributed by atoms with Crippen molar-refractivity contribution in [3.63, 3.8) is 0 Å². The van der Waals surface area contributed by atoms with Crippen molar-refractivity contribution in [3.05, 3.63) is 23.3 Å². The summed E-state index contributed by atoms with van der Waals surface area (Å²) in [5.41, 5.74) is 1.93. The molecule has 0 saturated heterocycles. The van der Waals surface area contributed by atoms with Crippen molar-refractivity contribution < 1.29 is 5.11 Å². The van der Waals surface area contributed by atoms with Gasteiger partial charge in [0.2, 0.25) is 0 Å². The Balaban J connectivity index is 3.91. The molecule has 0 aromatic heterocycles. The average Bonchev–Trinajstić information content (AvgIpc) is 2.38. The van der Waals surface area contributed by atoms with E-state index in [2.05, 4.69) is 45.8 Å². The molecular weight excluding hydrogens is 256 g/mol. The Kier molecular flexibility index (Phi) is 10.2. The average molecular weight is 290 g/mol. The van der Waals surface area contributed by atoms with Crippen LogP contribution in [-0.2, 0) is 0 Å². The topological polar surface area (TPSA) is 20.2 Å². The maximum Gasteiger partial charge on any atom is 0.122 e. The molecule has 0 radical (unpaired) electrons. The fourth-order valence-corrected chi connectivity index (χ4v) is 2.21. The van der Waals surface area contributed by atoms with Gasteiger partial charge in [0.05, 0.1) is 0 Å². The number of terminal acetylenes is 1. The van der Waals surface area contributed by atoms with Crippen LogP contribution in [-0.4, -0.2) is 10.7 Å². The zero-order valence-corrected chi connectivity index (χ0v) is 14.7. The number of hydrogen-bond acceptors (Lipinski definition) is 1. The lowest BCUT2D eigenvalue weighted by molar-refractivity contribution is 0.113. The minimum atomic E-state index is -0.969. The van der Waals surface area contributed by atoms with E-state index in [0.717, 1.165) is 25.2 Å². The highest BCUT2D eigenvalue weighted by atomic mass is 16.3. The SMILES string of the molecule is C#CC(C)(O)CC/C=C(/C)CC/C=C(\C)CCCC(C)C. The van der Waals surface area contributed by atoms with Crippen molar-refractivity contribution in [2.24, 2.45) is 5.92 Å². The molecular formula is C20H34O. The van der Waals surface area contributed by atoms with Crippen molar-refractivity contribution in [2.75, 3.05) is 0 Å². The molecule has 0 rings (SSSR count). The van der Waals surface area contributed by atoms with Gasteiger partial charge in [0.15, 0.2) is 0 Å². The van der Waals surface area contributed by atoms with Crippen LogP contribution < -0.4 is 0 Å². The van der Waals surface area contributed by atoms with E-state index >= 15 is 0 Å². The van der Waals surface area contributed by atoms with E-state index in [0.29, 0.717) is 6.42 Å². The molecule has 0 aromatic rings. The second-order valence-electron chi connectivity index (χ2n) is 6.88. The number of allylic oxidation sites excluding steroid dienone is 4. The molecule has 0 spiro atoms. The largest absolute Gasteiger partial charge is 0.378 e. The van der Waals surface area contributed by atoms with E-state index in [1.54, 1.807) is 6.92 Å². The molecule has 0 bridgehead atoms. The van der Waals surface area contributed by atoms with Gasteiger partial charge in [-0.15, -0.1) is 6.42 Å². The van der Waals surface area contributed by atoms with E-state index in [4.69, 9.17) is 6.42 Å². The van der Waals surface area contributed by atoms with Crippen LogP contribution in [0.2, 0.25) is 0 Å². The molecule has 0 saturated carbocycles. The third-order valence-electron chi connectivity index (χ3n) is 3.82. The van der Waals surface area contributed by atoms with E-state index in [1.807, 2.05) is 0 Å². The van der Waals surface area contributed by atoms with Crippen LogP contribution in [0.25, 0.3) is 0 Å². The van der Waals surface area contributed by atoms with E-state index in [1.165, 1.54) is 30.4 Å². The van der Waals surface area contributed by atoms with Crippen LogP contribution in [0.3, 0.4) is 0 Å². The minimum Gasteiger partial charge on any atom is -0.378 e. The summed E-state index contributed by atoms with van der Waals surface area (Å²) in [7, 11) is 0. The van der Waals surface area contributed by atoms with E-state index in [9.17, 15) is 5.11 Å². The third-order valence-corrected chi connectivity index (χ3v) is 3.82. The molecule has 0 aromatic carbocycles. The summed E-state index contributed by atoms with van der Waals surface area (Å²) in [6, 6.07) is 0. The van der Waals surface area contributed by atoms with E-state index < -0.39 is 5.60 Å². The first kappa shape index (κ1) is 20.0. The van der Waals surface area contributed by atoms with Crippen LogP contribution >= 0.6 is 0 Å². The molecule has 0 aliphatic carbocycles. The summed E-state index contributed by atoms with van der Waals surface area (Å²) in [6.45, 7) is 10.7. The molecule has 0 aliphatic rings. The second-order valence-corrected chi connectivity index (χ2v) is 6.88. The van der Waals surface area contributed by atoms with Crippen molar-refractivity contribution in [1.29, 1.82) is 0 Å². The molecule has 120 valence electrons. The Hall–Kier alpha value is -1.00. The number of rotatable bonds is 10. The van der Waals surface area contributed by atoms with Crippen LogP contribution in [0.1, 0.15) is 79.6 Å². The van der Waals surface area contributed by atoms with E-state index in [-0.39, 0.29) is 0 Å². The molecule has 0 heterocycles. The lowest BCUT2D eigenvalue weighted by Gasteiger charge is -2.14. The Morgan fingerprint density at radius 1 is 1.14 bits per heavy atom. The Morgan fingerprint density at radius 3 is 2.29 bits per heavy atom. The normalized spacial score (nSPS) is 15.9. The number of hydrogen-bond donors (Lipinski definition) is 1. The Morgan fingerprint density at radius 2 is 1.71 bits per heavy atom. The van der Waals surface area contributed by atoms with Gasteiger partial charge in [0, 0.05) is 0 Å². The minimum absolute atomic E-state index is 0.630. The highest BCUT2D eigenvalue weighted by Gasteiger charge is 2.14. The van der Waals surface area contributed by atoms with Crippen molar-refractivity contribution in [3.8, 4) is 12.3 Å². The maximum atomic E-state index is 9.73. The van der Waals surface area contributed by atoms with Gasteiger partial charge in [0.25, 0.3) is 0 Å². The van der Waals surface area contributed by atoms with Gasteiger partial charge in [-0.05, 0) is 65.2 Å². The first-order chi connectivity index (χ1) is 9.76. The van der Waals surface area contributed by atoms with Gasteiger partial charge in [-0.2, -0.15) is 0 Å². The maximum absolute atomic E-state index is 9.73. The summed E-state index contributed by atoms with van der Waals surface area (Å²) in [4.78, 5) is 0. The van der Waals surface area contributed by atoms with Gasteiger partial charge in [0.1, 0.15) is 5.60 Å². The first-order valence-electron chi connectivity index (χ1n) is 8.28. The quantitative estimate of drug-likeness (QED) is 0.407. The predicted molar refractivity (Wildman–Crippen MR) is 94.1 cm³/mol. The first-order valence-corrected chi connectivity index (χ1v) is 8.28. The smallest absolute Gasteiger partial charge is 0.122 e. The molecule has 1 heteroatoms. The highest BCUT2D eigenvalue weighted by Crippen LogP contribution is 2.16. The summed E-state index contributed by atoms with van der Waals surface area (Å²) < 4.78 is 0. The molecule has 0 amide bonds. The zero-order chi connectivity index (χ0) is 16.3. The van der Waals surface area contributed by atoms with Gasteiger partial charge in [-0.3, -0.25) is 0 Å². The molecule has 0 fully saturated rings. The zero-order valence-electron chi connectivity index (χ0n) is 14.7.